The lowest BCUT2D eigenvalue weighted by atomic mass is 10.2. The summed E-state index contributed by atoms with van der Waals surface area (Å²) >= 11 is 0. The molecule has 5 heteroatoms. The van der Waals surface area contributed by atoms with Gasteiger partial charge in [0.15, 0.2) is 0 Å². The van der Waals surface area contributed by atoms with E-state index in [1.54, 1.807) is 18.2 Å². The topological polar surface area (TPSA) is 70.8 Å². The van der Waals surface area contributed by atoms with Crippen molar-refractivity contribution in [1.82, 2.24) is 0 Å². The summed E-state index contributed by atoms with van der Waals surface area (Å²) in [6.07, 6.45) is 0.704. The Morgan fingerprint density at radius 3 is 2.43 bits per heavy atom. The average molecular weight is 315 g/mol. The molecule has 0 radical (unpaired) electrons. The first-order valence-electron chi connectivity index (χ1n) is 7.40. The Balaban J connectivity index is 1.79. The summed E-state index contributed by atoms with van der Waals surface area (Å²) < 4.78 is 15.9. The zero-order valence-corrected chi connectivity index (χ0v) is 13.4. The highest BCUT2D eigenvalue weighted by atomic mass is 16.5. The van der Waals surface area contributed by atoms with Gasteiger partial charge in [-0.2, -0.15) is 0 Å². The summed E-state index contributed by atoms with van der Waals surface area (Å²) in [4.78, 5) is 11.5. The second-order valence-electron chi connectivity index (χ2n) is 5.11. The van der Waals surface area contributed by atoms with Crippen molar-refractivity contribution in [2.24, 2.45) is 0 Å². The van der Waals surface area contributed by atoms with Gasteiger partial charge in [0.1, 0.15) is 11.5 Å². The lowest BCUT2D eigenvalue weighted by Gasteiger charge is -2.11. The van der Waals surface area contributed by atoms with Crippen LogP contribution < -0.4 is 15.2 Å². The number of carbonyl (C=O) groups is 1. The number of rotatable bonds is 7. The second kappa shape index (κ2) is 8.08. The average Bonchev–Trinajstić information content (AvgIpc) is 2.57. The van der Waals surface area contributed by atoms with Crippen LogP contribution in [0.4, 0.5) is 5.69 Å². The van der Waals surface area contributed by atoms with Gasteiger partial charge in [-0.3, -0.25) is 0 Å². The third kappa shape index (κ3) is 4.92. The molecule has 2 aromatic rings. The van der Waals surface area contributed by atoms with Crippen molar-refractivity contribution in [1.29, 1.82) is 0 Å². The number of aryl methyl sites for hydroxylation is 1. The summed E-state index contributed by atoms with van der Waals surface area (Å²) in [5.41, 5.74) is 7.93. The van der Waals surface area contributed by atoms with Crippen LogP contribution in [0.2, 0.25) is 0 Å². The molecule has 2 aromatic carbocycles. The number of methoxy groups -OCH3 is 1. The van der Waals surface area contributed by atoms with E-state index in [1.165, 1.54) is 12.7 Å². The lowest BCUT2D eigenvalue weighted by molar-refractivity contribution is 0.0600. The minimum atomic E-state index is -0.419. The first-order chi connectivity index (χ1) is 11.1. The zero-order chi connectivity index (χ0) is 16.7. The van der Waals surface area contributed by atoms with Gasteiger partial charge in [0, 0.05) is 6.42 Å². The van der Waals surface area contributed by atoms with Gasteiger partial charge in [-0.05, 0) is 37.3 Å². The fraction of sp³-hybridized carbons (Fsp3) is 0.278. The Kier molecular flexibility index (Phi) is 5.86. The molecular weight excluding hydrogens is 294 g/mol. The van der Waals surface area contributed by atoms with E-state index in [2.05, 4.69) is 4.74 Å². The van der Waals surface area contributed by atoms with E-state index >= 15 is 0 Å². The lowest BCUT2D eigenvalue weighted by Crippen LogP contribution is -2.07. The van der Waals surface area contributed by atoms with Crippen LogP contribution in [0.25, 0.3) is 0 Å². The molecule has 23 heavy (non-hydrogen) atoms. The first kappa shape index (κ1) is 16.7. The number of nitrogen functional groups attached to an aromatic ring is 1. The molecule has 0 unspecified atom stereocenters. The van der Waals surface area contributed by atoms with E-state index in [9.17, 15) is 4.79 Å². The third-order valence-electron chi connectivity index (χ3n) is 3.27. The van der Waals surface area contributed by atoms with Crippen molar-refractivity contribution in [2.75, 3.05) is 26.1 Å². The van der Waals surface area contributed by atoms with Crippen LogP contribution in [0.15, 0.2) is 42.5 Å². The summed E-state index contributed by atoms with van der Waals surface area (Å²) in [5.74, 6) is 0.892. The molecule has 2 rings (SSSR count). The number of nitrogens with two attached hydrogens (primary N) is 1. The summed E-state index contributed by atoms with van der Waals surface area (Å²) in [7, 11) is 1.33. The number of ether oxygens (including phenoxy) is 3. The van der Waals surface area contributed by atoms with Gasteiger partial charge in [-0.1, -0.05) is 17.7 Å². The molecule has 0 saturated carbocycles. The predicted molar refractivity (Wildman–Crippen MR) is 89.0 cm³/mol. The number of hydrogen-bond donors (Lipinski definition) is 1. The van der Waals surface area contributed by atoms with Gasteiger partial charge in [-0.25, -0.2) is 4.79 Å². The standard InChI is InChI=1S/C18H21NO4/c1-13-4-7-15(8-5-13)22-10-3-11-23-17-12-14(18(20)21-2)6-9-16(17)19/h4-9,12H,3,10-11,19H2,1-2H3. The van der Waals surface area contributed by atoms with E-state index in [0.29, 0.717) is 36.6 Å². The molecule has 0 bridgehead atoms. The van der Waals surface area contributed by atoms with Crippen molar-refractivity contribution < 1.29 is 19.0 Å². The molecule has 2 N–H and O–H groups in total. The van der Waals surface area contributed by atoms with Gasteiger partial charge < -0.3 is 19.9 Å². The highest BCUT2D eigenvalue weighted by Crippen LogP contribution is 2.23. The van der Waals surface area contributed by atoms with Crippen LogP contribution in [0.5, 0.6) is 11.5 Å². The molecule has 0 atom stereocenters. The van der Waals surface area contributed by atoms with E-state index < -0.39 is 5.97 Å². The number of hydrogen-bond acceptors (Lipinski definition) is 5. The molecule has 0 aliphatic carbocycles. The van der Waals surface area contributed by atoms with Crippen molar-refractivity contribution in [3.05, 3.63) is 53.6 Å². The van der Waals surface area contributed by atoms with E-state index in [4.69, 9.17) is 15.2 Å². The first-order valence-corrected chi connectivity index (χ1v) is 7.40. The quantitative estimate of drug-likeness (QED) is 0.482. The van der Waals surface area contributed by atoms with Crippen LogP contribution in [0.1, 0.15) is 22.3 Å². The summed E-state index contributed by atoms with van der Waals surface area (Å²) in [6.45, 7) is 3.02. The minimum Gasteiger partial charge on any atom is -0.493 e. The van der Waals surface area contributed by atoms with Gasteiger partial charge in [0.05, 0.1) is 31.6 Å². The van der Waals surface area contributed by atoms with E-state index in [0.717, 1.165) is 5.75 Å². The Morgan fingerprint density at radius 2 is 1.74 bits per heavy atom. The minimum absolute atomic E-state index is 0.410. The number of anilines is 1. The monoisotopic (exact) mass is 315 g/mol. The Morgan fingerprint density at radius 1 is 1.04 bits per heavy atom. The van der Waals surface area contributed by atoms with Gasteiger partial charge >= 0.3 is 5.97 Å². The van der Waals surface area contributed by atoms with Gasteiger partial charge in [-0.15, -0.1) is 0 Å². The maximum Gasteiger partial charge on any atom is 0.337 e. The molecule has 0 aliphatic rings. The fourth-order valence-electron chi connectivity index (χ4n) is 1.97. The SMILES string of the molecule is COC(=O)c1ccc(N)c(OCCCOc2ccc(C)cc2)c1. The number of benzene rings is 2. The second-order valence-corrected chi connectivity index (χ2v) is 5.11. The summed E-state index contributed by atoms with van der Waals surface area (Å²) in [6, 6.07) is 12.7. The number of carbonyl (C=O) groups excluding carboxylic acids is 1. The number of esters is 1. The molecular formula is C18H21NO4. The van der Waals surface area contributed by atoms with Gasteiger partial charge in [0.25, 0.3) is 0 Å². The van der Waals surface area contributed by atoms with Crippen LogP contribution in [0, 0.1) is 6.92 Å². The molecule has 5 nitrogen and oxygen atoms in total. The Hall–Kier alpha value is -2.69. The Labute approximate surface area is 136 Å². The van der Waals surface area contributed by atoms with Crippen molar-refractivity contribution in [3.8, 4) is 11.5 Å². The molecule has 122 valence electrons. The largest absolute Gasteiger partial charge is 0.493 e. The van der Waals surface area contributed by atoms with E-state index in [1.807, 2.05) is 31.2 Å². The van der Waals surface area contributed by atoms with Gasteiger partial charge in [0.2, 0.25) is 0 Å². The molecule has 0 fully saturated rings. The highest BCUT2D eigenvalue weighted by molar-refractivity contribution is 5.90. The van der Waals surface area contributed by atoms with Crippen LogP contribution in [0.3, 0.4) is 0 Å². The zero-order valence-electron chi connectivity index (χ0n) is 13.4. The summed E-state index contributed by atoms with van der Waals surface area (Å²) in [5, 5.41) is 0. The molecule has 0 aliphatic heterocycles. The maximum atomic E-state index is 11.5. The molecule has 0 spiro atoms. The highest BCUT2D eigenvalue weighted by Gasteiger charge is 2.09. The predicted octanol–water partition coefficient (Wildman–Crippen LogP) is 3.21. The molecule has 0 aromatic heterocycles. The Bertz CT molecular complexity index is 653. The van der Waals surface area contributed by atoms with Crippen molar-refractivity contribution in [2.45, 2.75) is 13.3 Å². The third-order valence-corrected chi connectivity index (χ3v) is 3.27. The van der Waals surface area contributed by atoms with Crippen molar-refractivity contribution >= 4 is 11.7 Å². The van der Waals surface area contributed by atoms with Crippen molar-refractivity contribution in [3.63, 3.8) is 0 Å². The smallest absolute Gasteiger partial charge is 0.337 e. The van der Waals surface area contributed by atoms with Crippen LogP contribution >= 0.6 is 0 Å². The van der Waals surface area contributed by atoms with E-state index in [-0.39, 0.29) is 0 Å². The molecule has 0 saturated heterocycles. The molecule has 0 heterocycles. The fourth-order valence-corrected chi connectivity index (χ4v) is 1.97. The normalized spacial score (nSPS) is 10.2. The molecule has 0 amide bonds. The van der Waals surface area contributed by atoms with Crippen LogP contribution in [-0.4, -0.2) is 26.3 Å². The maximum absolute atomic E-state index is 11.5. The van der Waals surface area contributed by atoms with Crippen LogP contribution in [-0.2, 0) is 4.74 Å².